The van der Waals surface area contributed by atoms with Crippen molar-refractivity contribution in [1.82, 2.24) is 0 Å². The number of fused-ring (bicyclic) bond motifs is 2. The van der Waals surface area contributed by atoms with E-state index in [1.54, 1.807) is 0 Å². The van der Waals surface area contributed by atoms with Gasteiger partial charge in [0.15, 0.2) is 6.29 Å². The molecule has 0 bridgehead atoms. The Bertz CT molecular complexity index is 1030. The van der Waals surface area contributed by atoms with Gasteiger partial charge in [0.2, 0.25) is 0 Å². The lowest BCUT2D eigenvalue weighted by atomic mass is 9.43. The van der Waals surface area contributed by atoms with Crippen molar-refractivity contribution in [1.29, 1.82) is 0 Å². The molecule has 6 rings (SSSR count). The Morgan fingerprint density at radius 2 is 1.64 bits per heavy atom. The van der Waals surface area contributed by atoms with E-state index in [1.807, 2.05) is 0 Å². The lowest BCUT2D eigenvalue weighted by Crippen LogP contribution is -2.60. The molecule has 240 valence electrons. The fourth-order valence-corrected chi connectivity index (χ4v) is 12.4. The SMILES string of the molecule is C=C(CC[C@@H](C)[C@H]1CC[C@@]2(C)[C@@H]3CC[C@H]4[C@H](C)[C@@H](O[C@@H]5O[C@H](CO)[C@@H](O)[C@H](O)[C@H]5O)CC[C@]45C[C@]35CC[C@@]12C)C(C)C. The summed E-state index contributed by atoms with van der Waals surface area (Å²) in [7, 11) is 0. The highest BCUT2D eigenvalue weighted by atomic mass is 16.7. The molecule has 6 nitrogen and oxygen atoms in total. The van der Waals surface area contributed by atoms with E-state index in [4.69, 9.17) is 9.47 Å². The second kappa shape index (κ2) is 10.8. The highest BCUT2D eigenvalue weighted by Crippen LogP contribution is 2.88. The average molecular weight is 589 g/mol. The third-order valence-corrected chi connectivity index (χ3v) is 15.3. The smallest absolute Gasteiger partial charge is 0.186 e. The van der Waals surface area contributed by atoms with E-state index in [2.05, 4.69) is 48.1 Å². The van der Waals surface area contributed by atoms with Crippen molar-refractivity contribution >= 4 is 0 Å². The maximum Gasteiger partial charge on any atom is 0.186 e. The predicted octanol–water partition coefficient (Wildman–Crippen LogP) is 5.85. The highest BCUT2D eigenvalue weighted by molar-refractivity contribution is 5.29. The summed E-state index contributed by atoms with van der Waals surface area (Å²) in [6.07, 6.45) is 7.95. The largest absolute Gasteiger partial charge is 0.394 e. The zero-order chi connectivity index (χ0) is 30.4. The maximum absolute atomic E-state index is 10.6. The maximum atomic E-state index is 10.6. The van der Waals surface area contributed by atoms with E-state index >= 15 is 0 Å². The molecule has 0 unspecified atom stereocenters. The number of rotatable bonds is 8. The number of aliphatic hydroxyl groups excluding tert-OH is 4. The molecule has 6 aliphatic rings. The van der Waals surface area contributed by atoms with E-state index in [0.29, 0.717) is 39.4 Å². The summed E-state index contributed by atoms with van der Waals surface area (Å²) in [4.78, 5) is 0. The third-order valence-electron chi connectivity index (χ3n) is 15.3. The molecule has 0 aromatic rings. The Morgan fingerprint density at radius 1 is 0.905 bits per heavy atom. The van der Waals surface area contributed by atoms with Crippen LogP contribution >= 0.6 is 0 Å². The topological polar surface area (TPSA) is 99.4 Å². The number of hydrogen-bond donors (Lipinski definition) is 4. The minimum absolute atomic E-state index is 0.0574. The van der Waals surface area contributed by atoms with Gasteiger partial charge in [0.05, 0.1) is 12.7 Å². The molecular weight excluding hydrogens is 528 g/mol. The average Bonchev–Trinajstić information content (AvgIpc) is 3.54. The Hall–Kier alpha value is -0.500. The summed E-state index contributed by atoms with van der Waals surface area (Å²) >= 11 is 0. The van der Waals surface area contributed by atoms with E-state index in [9.17, 15) is 20.4 Å². The first kappa shape index (κ1) is 31.5. The molecule has 1 heterocycles. The minimum Gasteiger partial charge on any atom is -0.394 e. The van der Waals surface area contributed by atoms with Crippen LogP contribution in [0.1, 0.15) is 112 Å². The monoisotopic (exact) mass is 588 g/mol. The molecule has 0 radical (unpaired) electrons. The Labute approximate surface area is 254 Å². The van der Waals surface area contributed by atoms with Crippen LogP contribution in [0.15, 0.2) is 12.2 Å². The van der Waals surface area contributed by atoms with Crippen molar-refractivity contribution < 1.29 is 29.9 Å². The van der Waals surface area contributed by atoms with Gasteiger partial charge in [-0.1, -0.05) is 53.7 Å². The van der Waals surface area contributed by atoms with Gasteiger partial charge in [-0.2, -0.15) is 0 Å². The first-order valence-electron chi connectivity index (χ1n) is 17.4. The standard InChI is InChI=1S/C36H60O6/c1-20(2)21(3)8-9-22(4)24-12-14-34(7)28-11-10-25-23(5)26(41-32-31(40)30(39)29(38)27(18-37)42-32)13-15-35(25)19-36(28,35)17-16-33(24,34)6/h20,22-32,37-40H,3,8-19H2,1-2,4-7H3/t22-,23+,24-,25+,26+,27-,28+,29-,30+,31-,32-,33+,34+,35+,36-/m1/s1. The van der Waals surface area contributed by atoms with Gasteiger partial charge in [-0.3, -0.25) is 0 Å². The van der Waals surface area contributed by atoms with Crippen LogP contribution in [0.5, 0.6) is 0 Å². The van der Waals surface area contributed by atoms with Crippen LogP contribution in [-0.2, 0) is 9.47 Å². The van der Waals surface area contributed by atoms with Crippen LogP contribution < -0.4 is 0 Å². The molecule has 42 heavy (non-hydrogen) atoms. The van der Waals surface area contributed by atoms with Gasteiger partial charge in [-0.15, -0.1) is 0 Å². The fraction of sp³-hybridized carbons (Fsp3) is 0.944. The van der Waals surface area contributed by atoms with Crippen molar-refractivity contribution in [3.8, 4) is 0 Å². The normalized spacial score (nSPS) is 54.0. The fourth-order valence-electron chi connectivity index (χ4n) is 12.4. The summed E-state index contributed by atoms with van der Waals surface area (Å²) in [6, 6.07) is 0. The Kier molecular flexibility index (Phi) is 8.09. The van der Waals surface area contributed by atoms with Gasteiger partial charge >= 0.3 is 0 Å². The lowest BCUT2D eigenvalue weighted by molar-refractivity contribution is -0.319. The quantitative estimate of drug-likeness (QED) is 0.210. The first-order valence-corrected chi connectivity index (χ1v) is 17.4. The van der Waals surface area contributed by atoms with Crippen molar-refractivity contribution in [3.05, 3.63) is 12.2 Å². The van der Waals surface area contributed by atoms with Gasteiger partial charge in [-0.05, 0) is 128 Å². The number of ether oxygens (including phenoxy) is 2. The summed E-state index contributed by atoms with van der Waals surface area (Å²) in [5.74, 6) is 3.92. The summed E-state index contributed by atoms with van der Waals surface area (Å²) in [6.45, 7) is 18.7. The zero-order valence-corrected chi connectivity index (χ0v) is 27.2. The number of allylic oxidation sites excluding steroid dienone is 1. The van der Waals surface area contributed by atoms with E-state index in [1.165, 1.54) is 69.8 Å². The van der Waals surface area contributed by atoms with E-state index in [0.717, 1.165) is 24.2 Å². The third kappa shape index (κ3) is 4.31. The van der Waals surface area contributed by atoms with Crippen molar-refractivity contribution in [2.45, 2.75) is 149 Å². The molecule has 6 fully saturated rings. The molecule has 15 atom stereocenters. The van der Waals surface area contributed by atoms with Gasteiger partial charge in [-0.25, -0.2) is 0 Å². The van der Waals surface area contributed by atoms with Gasteiger partial charge < -0.3 is 29.9 Å². The summed E-state index contributed by atoms with van der Waals surface area (Å²) < 4.78 is 12.1. The molecule has 0 aromatic carbocycles. The summed E-state index contributed by atoms with van der Waals surface area (Å²) in [5, 5.41) is 40.8. The van der Waals surface area contributed by atoms with Crippen LogP contribution in [0.2, 0.25) is 0 Å². The number of hydrogen-bond acceptors (Lipinski definition) is 6. The second-order valence-electron chi connectivity index (χ2n) is 16.8. The molecule has 0 amide bonds. The molecule has 1 saturated heterocycles. The van der Waals surface area contributed by atoms with Crippen LogP contribution in [0, 0.1) is 57.2 Å². The van der Waals surface area contributed by atoms with Gasteiger partial charge in [0.1, 0.15) is 24.4 Å². The van der Waals surface area contributed by atoms with Gasteiger partial charge in [0, 0.05) is 0 Å². The van der Waals surface area contributed by atoms with Crippen molar-refractivity contribution in [2.75, 3.05) is 6.61 Å². The zero-order valence-electron chi connectivity index (χ0n) is 27.2. The van der Waals surface area contributed by atoms with Crippen LogP contribution in [-0.4, -0.2) is 63.8 Å². The van der Waals surface area contributed by atoms with E-state index in [-0.39, 0.29) is 6.10 Å². The van der Waals surface area contributed by atoms with Crippen molar-refractivity contribution in [3.63, 3.8) is 0 Å². The summed E-state index contributed by atoms with van der Waals surface area (Å²) in [5.41, 5.74) is 3.16. The molecular formula is C36H60O6. The highest BCUT2D eigenvalue weighted by Gasteiger charge is 2.81. The van der Waals surface area contributed by atoms with Crippen LogP contribution in [0.3, 0.4) is 0 Å². The lowest BCUT2D eigenvalue weighted by Gasteiger charge is -2.62. The minimum atomic E-state index is -1.39. The molecule has 2 spiro atoms. The van der Waals surface area contributed by atoms with Crippen LogP contribution in [0.4, 0.5) is 0 Å². The second-order valence-corrected chi connectivity index (χ2v) is 16.8. The van der Waals surface area contributed by atoms with E-state index < -0.39 is 37.3 Å². The molecule has 0 aromatic heterocycles. The number of aliphatic hydroxyl groups is 4. The predicted molar refractivity (Wildman–Crippen MR) is 163 cm³/mol. The first-order chi connectivity index (χ1) is 19.8. The molecule has 5 saturated carbocycles. The van der Waals surface area contributed by atoms with Crippen molar-refractivity contribution in [2.24, 2.45) is 57.2 Å². The Balaban J connectivity index is 1.15. The van der Waals surface area contributed by atoms with Gasteiger partial charge in [0.25, 0.3) is 0 Å². The molecule has 6 heteroatoms. The molecule has 4 N–H and O–H groups in total. The van der Waals surface area contributed by atoms with Crippen LogP contribution in [0.25, 0.3) is 0 Å². The molecule has 5 aliphatic carbocycles. The Morgan fingerprint density at radius 3 is 2.33 bits per heavy atom. The molecule has 1 aliphatic heterocycles.